The van der Waals surface area contributed by atoms with E-state index in [2.05, 4.69) is 10.9 Å². The molecule has 0 saturated carbocycles. The first kappa shape index (κ1) is 23.4. The van der Waals surface area contributed by atoms with Crippen LogP contribution < -0.4 is 20.3 Å². The van der Waals surface area contributed by atoms with Gasteiger partial charge in [0.25, 0.3) is 5.91 Å². The second kappa shape index (κ2) is 12.0. The van der Waals surface area contributed by atoms with Gasteiger partial charge in [-0.05, 0) is 47.9 Å². The third-order valence-electron chi connectivity index (χ3n) is 4.37. The van der Waals surface area contributed by atoms with Crippen molar-refractivity contribution in [1.29, 1.82) is 0 Å². The van der Waals surface area contributed by atoms with E-state index >= 15 is 0 Å². The van der Waals surface area contributed by atoms with Crippen molar-refractivity contribution in [1.82, 2.24) is 10.9 Å². The standard InChI is InChI=1S/C24H22Cl2N2O4/c25-19-10-13-22(21(26)15-19)31-14-4-7-23(29)27-28-24(30)16-32-20-11-8-18(9-12-20)17-5-2-1-3-6-17/h1-3,5-6,8-13,15H,4,7,14,16H2,(H,27,29)(H,28,30). The number of rotatable bonds is 9. The highest BCUT2D eigenvalue weighted by Gasteiger charge is 2.07. The highest BCUT2D eigenvalue weighted by Crippen LogP contribution is 2.27. The molecule has 8 heteroatoms. The molecular formula is C24H22Cl2N2O4. The molecule has 0 fully saturated rings. The summed E-state index contributed by atoms with van der Waals surface area (Å²) in [5, 5.41) is 0.926. The molecule has 0 unspecified atom stereocenters. The molecule has 0 saturated heterocycles. The summed E-state index contributed by atoms with van der Waals surface area (Å²) in [4.78, 5) is 23.7. The lowest BCUT2D eigenvalue weighted by molar-refractivity contribution is -0.130. The van der Waals surface area contributed by atoms with E-state index in [4.69, 9.17) is 32.7 Å². The number of amides is 2. The SMILES string of the molecule is O=C(CCCOc1ccc(Cl)cc1Cl)NNC(=O)COc1ccc(-c2ccccc2)cc1. The van der Waals surface area contributed by atoms with E-state index in [0.29, 0.717) is 34.6 Å². The molecule has 0 aliphatic carbocycles. The first-order valence-corrected chi connectivity index (χ1v) is 10.7. The summed E-state index contributed by atoms with van der Waals surface area (Å²) in [7, 11) is 0. The number of hydrazine groups is 1. The van der Waals surface area contributed by atoms with E-state index in [1.165, 1.54) is 0 Å². The Balaban J connectivity index is 1.31. The number of ether oxygens (including phenoxy) is 2. The molecule has 0 aliphatic heterocycles. The van der Waals surface area contributed by atoms with Crippen molar-refractivity contribution in [3.63, 3.8) is 0 Å². The van der Waals surface area contributed by atoms with Gasteiger partial charge < -0.3 is 9.47 Å². The number of nitrogens with one attached hydrogen (secondary N) is 2. The van der Waals surface area contributed by atoms with Crippen LogP contribution in [0.25, 0.3) is 11.1 Å². The van der Waals surface area contributed by atoms with Gasteiger partial charge in [0.15, 0.2) is 6.61 Å². The molecule has 2 N–H and O–H groups in total. The van der Waals surface area contributed by atoms with E-state index in [9.17, 15) is 9.59 Å². The van der Waals surface area contributed by atoms with Crippen LogP contribution in [-0.2, 0) is 9.59 Å². The first-order valence-electron chi connectivity index (χ1n) is 9.95. The Morgan fingerprint density at radius 2 is 1.47 bits per heavy atom. The zero-order valence-electron chi connectivity index (χ0n) is 17.1. The Morgan fingerprint density at radius 3 is 2.19 bits per heavy atom. The first-order chi connectivity index (χ1) is 15.5. The van der Waals surface area contributed by atoms with Gasteiger partial charge in [0.2, 0.25) is 5.91 Å². The Labute approximate surface area is 196 Å². The van der Waals surface area contributed by atoms with Crippen molar-refractivity contribution >= 4 is 35.0 Å². The van der Waals surface area contributed by atoms with Gasteiger partial charge in [-0.3, -0.25) is 20.4 Å². The van der Waals surface area contributed by atoms with Crippen molar-refractivity contribution < 1.29 is 19.1 Å². The topological polar surface area (TPSA) is 76.7 Å². The third-order valence-corrected chi connectivity index (χ3v) is 4.90. The van der Waals surface area contributed by atoms with E-state index in [1.54, 1.807) is 30.3 Å². The van der Waals surface area contributed by atoms with Gasteiger partial charge >= 0.3 is 0 Å². The molecule has 0 atom stereocenters. The van der Waals surface area contributed by atoms with Crippen LogP contribution in [0.1, 0.15) is 12.8 Å². The molecule has 0 radical (unpaired) electrons. The molecule has 0 heterocycles. The molecule has 32 heavy (non-hydrogen) atoms. The quantitative estimate of drug-likeness (QED) is 0.337. The zero-order valence-corrected chi connectivity index (χ0v) is 18.7. The van der Waals surface area contributed by atoms with Gasteiger partial charge in [0, 0.05) is 11.4 Å². The fourth-order valence-electron chi connectivity index (χ4n) is 2.77. The van der Waals surface area contributed by atoms with Crippen LogP contribution in [0.15, 0.2) is 72.8 Å². The molecule has 3 aromatic carbocycles. The molecule has 166 valence electrons. The van der Waals surface area contributed by atoms with Gasteiger partial charge in [0.05, 0.1) is 11.6 Å². The van der Waals surface area contributed by atoms with Gasteiger partial charge in [-0.2, -0.15) is 0 Å². The van der Waals surface area contributed by atoms with Crippen molar-refractivity contribution in [3.8, 4) is 22.6 Å². The average Bonchev–Trinajstić information content (AvgIpc) is 2.81. The Kier molecular flexibility index (Phi) is 8.78. The van der Waals surface area contributed by atoms with Crippen molar-refractivity contribution in [2.45, 2.75) is 12.8 Å². The van der Waals surface area contributed by atoms with Crippen LogP contribution >= 0.6 is 23.2 Å². The summed E-state index contributed by atoms with van der Waals surface area (Å²) in [5.41, 5.74) is 6.82. The van der Waals surface area contributed by atoms with Crippen LogP contribution in [0.5, 0.6) is 11.5 Å². The van der Waals surface area contributed by atoms with Crippen LogP contribution in [0.2, 0.25) is 10.0 Å². The van der Waals surface area contributed by atoms with E-state index in [1.807, 2.05) is 42.5 Å². The Bertz CT molecular complexity index is 1040. The summed E-state index contributed by atoms with van der Waals surface area (Å²) >= 11 is 11.8. The molecule has 6 nitrogen and oxygen atoms in total. The van der Waals surface area contributed by atoms with Crippen LogP contribution in [0.3, 0.4) is 0 Å². The summed E-state index contributed by atoms with van der Waals surface area (Å²) in [6.07, 6.45) is 0.623. The van der Waals surface area contributed by atoms with Crippen LogP contribution in [0.4, 0.5) is 0 Å². The fraction of sp³-hybridized carbons (Fsp3) is 0.167. The normalized spacial score (nSPS) is 10.3. The highest BCUT2D eigenvalue weighted by atomic mass is 35.5. The molecule has 0 bridgehead atoms. The summed E-state index contributed by atoms with van der Waals surface area (Å²) in [6, 6.07) is 22.3. The molecule has 2 amide bonds. The minimum atomic E-state index is -0.463. The second-order valence-electron chi connectivity index (χ2n) is 6.80. The number of carbonyl (C=O) groups is 2. The smallest absolute Gasteiger partial charge is 0.276 e. The molecule has 3 aromatic rings. The minimum Gasteiger partial charge on any atom is -0.492 e. The third kappa shape index (κ3) is 7.48. The lowest BCUT2D eigenvalue weighted by Gasteiger charge is -2.10. The fourth-order valence-corrected chi connectivity index (χ4v) is 3.23. The zero-order chi connectivity index (χ0) is 22.8. The number of hydrogen-bond donors (Lipinski definition) is 2. The molecule has 0 aromatic heterocycles. The Morgan fingerprint density at radius 1 is 0.781 bits per heavy atom. The largest absolute Gasteiger partial charge is 0.492 e. The maximum atomic E-state index is 11.9. The van der Waals surface area contributed by atoms with Crippen LogP contribution in [0, 0.1) is 0 Å². The maximum absolute atomic E-state index is 11.9. The van der Waals surface area contributed by atoms with Gasteiger partial charge in [-0.1, -0.05) is 65.7 Å². The van der Waals surface area contributed by atoms with Crippen molar-refractivity contribution in [3.05, 3.63) is 82.8 Å². The lowest BCUT2D eigenvalue weighted by Crippen LogP contribution is -2.43. The number of halogens is 2. The number of benzene rings is 3. The average molecular weight is 473 g/mol. The number of hydrogen-bond acceptors (Lipinski definition) is 4. The molecular weight excluding hydrogens is 451 g/mol. The minimum absolute atomic E-state index is 0.174. The molecule has 3 rings (SSSR count). The van der Waals surface area contributed by atoms with Crippen LogP contribution in [-0.4, -0.2) is 25.0 Å². The van der Waals surface area contributed by atoms with E-state index in [0.717, 1.165) is 11.1 Å². The van der Waals surface area contributed by atoms with E-state index in [-0.39, 0.29) is 18.9 Å². The predicted octanol–water partition coefficient (Wildman–Crippen LogP) is 5.05. The maximum Gasteiger partial charge on any atom is 0.276 e. The van der Waals surface area contributed by atoms with Crippen molar-refractivity contribution in [2.24, 2.45) is 0 Å². The lowest BCUT2D eigenvalue weighted by atomic mass is 10.1. The predicted molar refractivity (Wildman–Crippen MR) is 125 cm³/mol. The number of carbonyl (C=O) groups excluding carboxylic acids is 2. The molecule has 0 aliphatic rings. The highest BCUT2D eigenvalue weighted by molar-refractivity contribution is 6.35. The van der Waals surface area contributed by atoms with E-state index < -0.39 is 5.91 Å². The Hall–Kier alpha value is -3.22. The van der Waals surface area contributed by atoms with Gasteiger partial charge in [0.1, 0.15) is 11.5 Å². The summed E-state index contributed by atoms with van der Waals surface area (Å²) in [6.45, 7) is 0.0773. The van der Waals surface area contributed by atoms with Gasteiger partial charge in [-0.15, -0.1) is 0 Å². The van der Waals surface area contributed by atoms with Gasteiger partial charge in [-0.25, -0.2) is 0 Å². The monoisotopic (exact) mass is 472 g/mol. The van der Waals surface area contributed by atoms with Crippen molar-refractivity contribution in [2.75, 3.05) is 13.2 Å². The summed E-state index contributed by atoms with van der Waals surface area (Å²) < 4.78 is 11.0. The second-order valence-corrected chi connectivity index (χ2v) is 7.65. The molecule has 0 spiro atoms. The summed E-state index contributed by atoms with van der Waals surface area (Å²) in [5.74, 6) is 0.258.